The molecule has 2 rings (SSSR count). The highest BCUT2D eigenvalue weighted by Crippen LogP contribution is 2.12. The van der Waals surface area contributed by atoms with Crippen LogP contribution in [0.5, 0.6) is 0 Å². The second kappa shape index (κ2) is 5.84. The first kappa shape index (κ1) is 12.9. The fourth-order valence-corrected chi connectivity index (χ4v) is 2.50. The predicted octanol–water partition coefficient (Wildman–Crippen LogP) is 2.76. The summed E-state index contributed by atoms with van der Waals surface area (Å²) in [5.74, 6) is -0.406. The average Bonchev–Trinajstić information content (AvgIpc) is 2.96. The van der Waals surface area contributed by atoms with E-state index in [9.17, 15) is 4.79 Å². The number of hydrogen-bond donors (Lipinski definition) is 2. The van der Waals surface area contributed by atoms with Crippen LogP contribution in [0.2, 0.25) is 0 Å². The minimum atomic E-state index is -1.03. The molecule has 0 bridgehead atoms. The Bertz CT molecular complexity index is 504. The molecule has 0 saturated heterocycles. The molecule has 0 saturated carbocycles. The maximum Gasteiger partial charge on any atom is 0.371 e. The zero-order chi connectivity index (χ0) is 13.0. The van der Waals surface area contributed by atoms with Gasteiger partial charge in [0.25, 0.3) is 0 Å². The van der Waals surface area contributed by atoms with E-state index in [0.29, 0.717) is 18.3 Å². The summed E-state index contributed by atoms with van der Waals surface area (Å²) in [5.41, 5.74) is 0. The van der Waals surface area contributed by atoms with E-state index < -0.39 is 5.97 Å². The van der Waals surface area contributed by atoms with Crippen molar-refractivity contribution in [1.82, 2.24) is 5.32 Å². The van der Waals surface area contributed by atoms with Crippen LogP contribution in [0.4, 0.5) is 0 Å². The van der Waals surface area contributed by atoms with Gasteiger partial charge in [0.1, 0.15) is 5.76 Å². The standard InChI is InChI=1S/C13H15NO3S/c1-9(7-11-3-2-6-18-11)14-8-10-4-5-12(17-10)13(15)16/h2-6,9,14H,7-8H2,1H3,(H,15,16). The monoisotopic (exact) mass is 265 g/mol. The van der Waals surface area contributed by atoms with Gasteiger partial charge in [-0.1, -0.05) is 6.07 Å². The Morgan fingerprint density at radius 3 is 2.94 bits per heavy atom. The van der Waals surface area contributed by atoms with Gasteiger partial charge in [0.2, 0.25) is 5.76 Å². The van der Waals surface area contributed by atoms with Gasteiger partial charge in [-0.05, 0) is 36.9 Å². The summed E-state index contributed by atoms with van der Waals surface area (Å²) in [4.78, 5) is 12.0. The van der Waals surface area contributed by atoms with Crippen LogP contribution in [0.25, 0.3) is 0 Å². The molecule has 18 heavy (non-hydrogen) atoms. The second-order valence-corrected chi connectivity index (χ2v) is 5.17. The first-order valence-electron chi connectivity index (χ1n) is 5.73. The van der Waals surface area contributed by atoms with Gasteiger partial charge in [-0.2, -0.15) is 0 Å². The van der Waals surface area contributed by atoms with Crippen molar-refractivity contribution >= 4 is 17.3 Å². The lowest BCUT2D eigenvalue weighted by Gasteiger charge is -2.11. The number of thiophene rings is 1. The molecule has 2 heterocycles. The molecule has 2 aromatic heterocycles. The highest BCUT2D eigenvalue weighted by atomic mass is 32.1. The third-order valence-corrected chi connectivity index (χ3v) is 3.48. The van der Waals surface area contributed by atoms with E-state index in [0.717, 1.165) is 6.42 Å². The minimum absolute atomic E-state index is 0.0160. The SMILES string of the molecule is CC(Cc1cccs1)NCc1ccc(C(=O)O)o1. The predicted molar refractivity (Wildman–Crippen MR) is 70.0 cm³/mol. The molecule has 5 heteroatoms. The Kier molecular flexibility index (Phi) is 4.17. The quantitative estimate of drug-likeness (QED) is 0.843. The molecule has 0 aromatic carbocycles. The molecule has 0 fully saturated rings. The molecule has 0 spiro atoms. The van der Waals surface area contributed by atoms with Crippen molar-refractivity contribution in [2.45, 2.75) is 25.9 Å². The zero-order valence-electron chi connectivity index (χ0n) is 10.1. The van der Waals surface area contributed by atoms with Crippen molar-refractivity contribution in [3.63, 3.8) is 0 Å². The smallest absolute Gasteiger partial charge is 0.371 e. The summed E-state index contributed by atoms with van der Waals surface area (Å²) < 4.78 is 5.17. The number of carbonyl (C=O) groups is 1. The van der Waals surface area contributed by atoms with Crippen LogP contribution >= 0.6 is 11.3 Å². The van der Waals surface area contributed by atoms with E-state index in [1.807, 2.05) is 6.07 Å². The Labute approximate surface area is 109 Å². The van der Waals surface area contributed by atoms with Crippen LogP contribution in [0.1, 0.15) is 28.1 Å². The van der Waals surface area contributed by atoms with Crippen molar-refractivity contribution in [2.24, 2.45) is 0 Å². The van der Waals surface area contributed by atoms with Gasteiger partial charge in [-0.25, -0.2) is 4.79 Å². The molecular weight excluding hydrogens is 250 g/mol. The van der Waals surface area contributed by atoms with Crippen LogP contribution < -0.4 is 5.32 Å². The van der Waals surface area contributed by atoms with Gasteiger partial charge in [-0.3, -0.25) is 0 Å². The van der Waals surface area contributed by atoms with Crippen molar-refractivity contribution in [3.05, 3.63) is 46.0 Å². The first-order chi connectivity index (χ1) is 8.65. The highest BCUT2D eigenvalue weighted by molar-refractivity contribution is 7.09. The lowest BCUT2D eigenvalue weighted by molar-refractivity contribution is 0.0660. The lowest BCUT2D eigenvalue weighted by atomic mass is 10.2. The van der Waals surface area contributed by atoms with E-state index in [1.165, 1.54) is 10.9 Å². The fraction of sp³-hybridized carbons (Fsp3) is 0.308. The van der Waals surface area contributed by atoms with E-state index in [1.54, 1.807) is 17.4 Å². The van der Waals surface area contributed by atoms with Crippen LogP contribution in [-0.4, -0.2) is 17.1 Å². The fourth-order valence-electron chi connectivity index (χ4n) is 1.67. The zero-order valence-corrected chi connectivity index (χ0v) is 10.9. The molecule has 96 valence electrons. The third kappa shape index (κ3) is 3.45. The van der Waals surface area contributed by atoms with Crippen molar-refractivity contribution in [2.75, 3.05) is 0 Å². The van der Waals surface area contributed by atoms with E-state index in [-0.39, 0.29) is 5.76 Å². The number of carboxylic acids is 1. The van der Waals surface area contributed by atoms with Crippen molar-refractivity contribution in [1.29, 1.82) is 0 Å². The van der Waals surface area contributed by atoms with Crippen molar-refractivity contribution in [3.8, 4) is 0 Å². The van der Waals surface area contributed by atoms with Crippen LogP contribution in [0.15, 0.2) is 34.1 Å². The van der Waals surface area contributed by atoms with Crippen LogP contribution in [0.3, 0.4) is 0 Å². The number of aromatic carboxylic acids is 1. The van der Waals surface area contributed by atoms with Gasteiger partial charge in [-0.15, -0.1) is 11.3 Å². The summed E-state index contributed by atoms with van der Waals surface area (Å²) in [6.45, 7) is 2.64. The molecule has 0 aliphatic carbocycles. The maximum absolute atomic E-state index is 10.7. The molecule has 2 aromatic rings. The summed E-state index contributed by atoms with van der Waals surface area (Å²) in [5, 5.41) is 14.1. The van der Waals surface area contributed by atoms with Crippen LogP contribution in [-0.2, 0) is 13.0 Å². The number of hydrogen-bond acceptors (Lipinski definition) is 4. The number of carboxylic acid groups (broad SMARTS) is 1. The normalized spacial score (nSPS) is 12.5. The summed E-state index contributed by atoms with van der Waals surface area (Å²) in [7, 11) is 0. The van der Waals surface area contributed by atoms with Crippen LogP contribution in [0, 0.1) is 0 Å². The van der Waals surface area contributed by atoms with E-state index >= 15 is 0 Å². The molecule has 1 unspecified atom stereocenters. The van der Waals surface area contributed by atoms with Gasteiger partial charge in [0.05, 0.1) is 6.54 Å². The second-order valence-electron chi connectivity index (χ2n) is 4.14. The van der Waals surface area contributed by atoms with Gasteiger partial charge in [0, 0.05) is 10.9 Å². The largest absolute Gasteiger partial charge is 0.475 e. The molecule has 0 aliphatic heterocycles. The summed E-state index contributed by atoms with van der Waals surface area (Å²) in [6, 6.07) is 7.64. The number of nitrogens with one attached hydrogen (secondary N) is 1. The van der Waals surface area contributed by atoms with Gasteiger partial charge < -0.3 is 14.8 Å². The Hall–Kier alpha value is -1.59. The molecule has 0 radical (unpaired) electrons. The summed E-state index contributed by atoms with van der Waals surface area (Å²) in [6.07, 6.45) is 0.962. The van der Waals surface area contributed by atoms with Gasteiger partial charge in [0.15, 0.2) is 0 Å². The molecule has 0 amide bonds. The minimum Gasteiger partial charge on any atom is -0.475 e. The highest BCUT2D eigenvalue weighted by Gasteiger charge is 2.10. The summed E-state index contributed by atoms with van der Waals surface area (Å²) >= 11 is 1.74. The first-order valence-corrected chi connectivity index (χ1v) is 6.61. The van der Waals surface area contributed by atoms with E-state index in [4.69, 9.17) is 9.52 Å². The molecule has 4 nitrogen and oxygen atoms in total. The van der Waals surface area contributed by atoms with Crippen molar-refractivity contribution < 1.29 is 14.3 Å². The number of rotatable bonds is 6. The lowest BCUT2D eigenvalue weighted by Crippen LogP contribution is -2.27. The Morgan fingerprint density at radius 1 is 1.50 bits per heavy atom. The Balaban J connectivity index is 1.81. The average molecular weight is 265 g/mol. The molecule has 2 N–H and O–H groups in total. The number of furan rings is 1. The Morgan fingerprint density at radius 2 is 2.33 bits per heavy atom. The third-order valence-electron chi connectivity index (χ3n) is 2.58. The molecular formula is C13H15NO3S. The maximum atomic E-state index is 10.7. The topological polar surface area (TPSA) is 62.5 Å². The molecule has 0 aliphatic rings. The molecule has 1 atom stereocenters. The van der Waals surface area contributed by atoms with Gasteiger partial charge >= 0.3 is 5.97 Å². The van der Waals surface area contributed by atoms with E-state index in [2.05, 4.69) is 23.7 Å².